The summed E-state index contributed by atoms with van der Waals surface area (Å²) in [6, 6.07) is 4.06. The molecule has 104 valence electrons. The first-order valence-electron chi connectivity index (χ1n) is 5.79. The quantitative estimate of drug-likeness (QED) is 0.845. The lowest BCUT2D eigenvalue weighted by atomic mass is 10.1. The molecule has 0 spiro atoms. The summed E-state index contributed by atoms with van der Waals surface area (Å²) in [7, 11) is 1.73. The molecule has 0 aliphatic heterocycles. The third-order valence-electron chi connectivity index (χ3n) is 2.75. The second-order valence-electron chi connectivity index (χ2n) is 4.31. The van der Waals surface area contributed by atoms with Crippen LogP contribution in [-0.4, -0.2) is 20.7 Å². The zero-order chi connectivity index (χ0) is 14.9. The van der Waals surface area contributed by atoms with Gasteiger partial charge >= 0.3 is 0 Å². The Morgan fingerprint density at radius 1 is 1.45 bits per heavy atom. The highest BCUT2D eigenvalue weighted by Gasteiger charge is 2.14. The van der Waals surface area contributed by atoms with Crippen LogP contribution in [0.4, 0.5) is 10.1 Å². The summed E-state index contributed by atoms with van der Waals surface area (Å²) in [6.45, 7) is 1.74. The minimum Gasteiger partial charge on any atom is -0.389 e. The Bertz CT molecular complexity index is 696. The molecule has 0 bridgehead atoms. The molecule has 0 aliphatic rings. The molecule has 0 radical (unpaired) electrons. The van der Waals surface area contributed by atoms with Crippen molar-refractivity contribution in [1.82, 2.24) is 9.78 Å². The number of hydrogen-bond donors (Lipinski definition) is 2. The van der Waals surface area contributed by atoms with E-state index in [4.69, 9.17) is 18.0 Å². The maximum Gasteiger partial charge on any atom is 0.259 e. The highest BCUT2D eigenvalue weighted by atomic mass is 32.1. The van der Waals surface area contributed by atoms with Gasteiger partial charge < -0.3 is 11.1 Å². The number of rotatable bonds is 3. The van der Waals surface area contributed by atoms with Crippen LogP contribution < -0.4 is 11.1 Å². The van der Waals surface area contributed by atoms with Crippen LogP contribution in [-0.2, 0) is 7.05 Å². The van der Waals surface area contributed by atoms with Crippen molar-refractivity contribution >= 4 is 28.8 Å². The van der Waals surface area contributed by atoms with Crippen molar-refractivity contribution in [1.29, 1.82) is 0 Å². The predicted molar refractivity (Wildman–Crippen MR) is 78.2 cm³/mol. The lowest BCUT2D eigenvalue weighted by Crippen LogP contribution is -2.15. The zero-order valence-electron chi connectivity index (χ0n) is 11.0. The Morgan fingerprint density at radius 2 is 2.15 bits per heavy atom. The first-order chi connectivity index (χ1) is 9.38. The van der Waals surface area contributed by atoms with Crippen molar-refractivity contribution in [3.63, 3.8) is 0 Å². The summed E-state index contributed by atoms with van der Waals surface area (Å²) >= 11 is 4.75. The summed E-state index contributed by atoms with van der Waals surface area (Å²) in [5.74, 6) is -0.843. The molecule has 0 aliphatic carbocycles. The van der Waals surface area contributed by atoms with Crippen LogP contribution >= 0.6 is 12.2 Å². The van der Waals surface area contributed by atoms with Crippen molar-refractivity contribution in [2.45, 2.75) is 6.92 Å². The molecule has 3 N–H and O–H groups in total. The summed E-state index contributed by atoms with van der Waals surface area (Å²) in [5, 5.41) is 6.75. The smallest absolute Gasteiger partial charge is 0.259 e. The van der Waals surface area contributed by atoms with E-state index in [1.807, 2.05) is 0 Å². The molecule has 0 fully saturated rings. The number of benzene rings is 1. The number of carbonyl (C=O) groups excluding carboxylic acids is 1. The number of anilines is 1. The van der Waals surface area contributed by atoms with Gasteiger partial charge in [-0.15, -0.1) is 0 Å². The van der Waals surface area contributed by atoms with Crippen LogP contribution in [0.25, 0.3) is 0 Å². The summed E-state index contributed by atoms with van der Waals surface area (Å²) < 4.78 is 15.0. The van der Waals surface area contributed by atoms with Crippen LogP contribution in [0.1, 0.15) is 21.6 Å². The number of thiocarbonyl (C=S) groups is 1. The molecule has 2 rings (SSSR count). The molecule has 0 atom stereocenters. The average Bonchev–Trinajstić information content (AvgIpc) is 2.70. The van der Waals surface area contributed by atoms with Gasteiger partial charge in [0, 0.05) is 24.5 Å². The van der Waals surface area contributed by atoms with Crippen molar-refractivity contribution in [2.75, 3.05) is 5.32 Å². The third kappa shape index (κ3) is 2.83. The fraction of sp³-hybridized carbons (Fsp3) is 0.154. The van der Waals surface area contributed by atoms with Crippen LogP contribution in [0, 0.1) is 12.7 Å². The van der Waals surface area contributed by atoms with Gasteiger partial charge in [-0.3, -0.25) is 9.48 Å². The van der Waals surface area contributed by atoms with Crippen molar-refractivity contribution in [3.05, 3.63) is 47.0 Å². The number of carbonyl (C=O) groups is 1. The summed E-state index contributed by atoms with van der Waals surface area (Å²) in [5.41, 5.74) is 7.00. The summed E-state index contributed by atoms with van der Waals surface area (Å²) in [6.07, 6.45) is 1.61. The van der Waals surface area contributed by atoms with Gasteiger partial charge in [0.2, 0.25) is 0 Å². The van der Waals surface area contributed by atoms with Crippen LogP contribution in [0.3, 0.4) is 0 Å². The van der Waals surface area contributed by atoms with Gasteiger partial charge in [-0.2, -0.15) is 5.10 Å². The molecule has 1 heterocycles. The Morgan fingerprint density at radius 3 is 2.70 bits per heavy atom. The molecule has 5 nitrogen and oxygen atoms in total. The number of amides is 1. The van der Waals surface area contributed by atoms with Gasteiger partial charge in [-0.1, -0.05) is 12.2 Å². The zero-order valence-corrected chi connectivity index (χ0v) is 11.8. The minimum atomic E-state index is -0.520. The van der Waals surface area contributed by atoms with Crippen molar-refractivity contribution in [3.8, 4) is 0 Å². The number of nitrogens with two attached hydrogens (primary N) is 1. The molecule has 20 heavy (non-hydrogen) atoms. The highest BCUT2D eigenvalue weighted by Crippen LogP contribution is 2.16. The van der Waals surface area contributed by atoms with Crippen LogP contribution in [0.5, 0.6) is 0 Å². The monoisotopic (exact) mass is 292 g/mol. The minimum absolute atomic E-state index is 0.0591. The van der Waals surface area contributed by atoms with Gasteiger partial charge in [0.05, 0.1) is 11.3 Å². The van der Waals surface area contributed by atoms with E-state index in [9.17, 15) is 9.18 Å². The average molecular weight is 292 g/mol. The maximum atomic E-state index is 13.5. The van der Waals surface area contributed by atoms with E-state index in [2.05, 4.69) is 10.4 Å². The Balaban J connectivity index is 2.26. The topological polar surface area (TPSA) is 72.9 Å². The largest absolute Gasteiger partial charge is 0.389 e. The maximum absolute atomic E-state index is 13.5. The fourth-order valence-electron chi connectivity index (χ4n) is 1.81. The number of halogens is 1. The van der Waals surface area contributed by atoms with Crippen molar-refractivity contribution < 1.29 is 9.18 Å². The van der Waals surface area contributed by atoms with Gasteiger partial charge in [0.25, 0.3) is 5.91 Å². The van der Waals surface area contributed by atoms with E-state index < -0.39 is 5.82 Å². The first kappa shape index (κ1) is 14.1. The van der Waals surface area contributed by atoms with E-state index in [0.29, 0.717) is 16.9 Å². The summed E-state index contributed by atoms with van der Waals surface area (Å²) in [4.78, 5) is 12.0. The number of nitrogens with zero attached hydrogens (tertiary/aromatic N) is 2. The lowest BCUT2D eigenvalue weighted by Gasteiger charge is -2.07. The van der Waals surface area contributed by atoms with Crippen LogP contribution in [0.15, 0.2) is 24.4 Å². The third-order valence-corrected chi connectivity index (χ3v) is 2.97. The molecule has 0 unspecified atom stereocenters. The van der Waals surface area contributed by atoms with Crippen LogP contribution in [0.2, 0.25) is 0 Å². The fourth-order valence-corrected chi connectivity index (χ4v) is 1.97. The number of aromatic nitrogens is 2. The van der Waals surface area contributed by atoms with Crippen molar-refractivity contribution in [2.24, 2.45) is 12.8 Å². The molecular formula is C13H13FN4OS. The molecule has 1 aromatic carbocycles. The normalized spacial score (nSPS) is 10.3. The highest BCUT2D eigenvalue weighted by molar-refractivity contribution is 7.80. The Labute approximate surface area is 120 Å². The molecule has 1 aromatic heterocycles. The molecule has 0 saturated carbocycles. The second kappa shape index (κ2) is 5.38. The predicted octanol–water partition coefficient (Wildman–Crippen LogP) is 1.75. The number of nitrogens with one attached hydrogen (secondary N) is 1. The van der Waals surface area contributed by atoms with E-state index in [1.165, 1.54) is 18.2 Å². The van der Waals surface area contributed by atoms with E-state index >= 15 is 0 Å². The SMILES string of the molecule is Cc1nn(C)cc1C(=O)Nc1ccc(F)c(C(N)=S)c1. The molecule has 1 amide bonds. The van der Waals surface area contributed by atoms with E-state index in [-0.39, 0.29) is 16.5 Å². The van der Waals surface area contributed by atoms with Gasteiger partial charge in [0.15, 0.2) is 0 Å². The number of hydrogen-bond acceptors (Lipinski definition) is 3. The van der Waals surface area contributed by atoms with E-state index in [1.54, 1.807) is 24.9 Å². The number of aryl methyl sites for hydroxylation is 2. The molecule has 0 saturated heterocycles. The molecule has 7 heteroatoms. The van der Waals surface area contributed by atoms with E-state index in [0.717, 1.165) is 0 Å². The first-order valence-corrected chi connectivity index (χ1v) is 6.20. The Hall–Kier alpha value is -2.28. The standard InChI is InChI=1S/C13H13FN4OS/c1-7-10(6-18(2)17-7)13(19)16-8-3-4-11(14)9(5-8)12(15)20/h3-6H,1-2H3,(H2,15,20)(H,16,19). The van der Waals surface area contributed by atoms with Gasteiger partial charge in [0.1, 0.15) is 10.8 Å². The second-order valence-corrected chi connectivity index (χ2v) is 4.75. The van der Waals surface area contributed by atoms with Gasteiger partial charge in [-0.25, -0.2) is 4.39 Å². The molecular weight excluding hydrogens is 279 g/mol. The molecule has 2 aromatic rings. The lowest BCUT2D eigenvalue weighted by molar-refractivity contribution is 0.102. The Kier molecular flexibility index (Phi) is 3.80. The van der Waals surface area contributed by atoms with Gasteiger partial charge in [-0.05, 0) is 25.1 Å².